The molecule has 0 aromatic carbocycles. The van der Waals surface area contributed by atoms with Crippen molar-refractivity contribution in [2.45, 2.75) is 121 Å². The van der Waals surface area contributed by atoms with Gasteiger partial charge in [0.2, 0.25) is 0 Å². The maximum atomic E-state index is 13.0. The van der Waals surface area contributed by atoms with Gasteiger partial charge in [-0.3, -0.25) is 4.79 Å². The van der Waals surface area contributed by atoms with E-state index in [2.05, 4.69) is 0 Å². The number of carbonyl (C=O) groups excluding carboxylic acids is 1. The molecule has 0 saturated heterocycles. The lowest BCUT2D eigenvalue weighted by molar-refractivity contribution is -0.299. The van der Waals surface area contributed by atoms with Gasteiger partial charge in [-0.2, -0.15) is 0 Å². The van der Waals surface area contributed by atoms with Gasteiger partial charge in [0.25, 0.3) is 0 Å². The van der Waals surface area contributed by atoms with Crippen molar-refractivity contribution in [3.8, 4) is 0 Å². The topological polar surface area (TPSA) is 65.0 Å². The molecule has 8 aliphatic carbocycles. The summed E-state index contributed by atoms with van der Waals surface area (Å²) in [6.45, 7) is 6.26. The van der Waals surface area contributed by atoms with Crippen LogP contribution in [0.5, 0.6) is 0 Å². The SMILES string of the molecule is CCC(C)(C)C(=O)OC12CC3CC(O)(CC(OCOC4C5CC6CC(C5)CC4C6)(C3)C1)C2. The fourth-order valence-corrected chi connectivity index (χ4v) is 9.35. The molecular weight excluding hydrogens is 404 g/mol. The summed E-state index contributed by atoms with van der Waals surface area (Å²) in [5.74, 6) is 3.55. The van der Waals surface area contributed by atoms with Crippen LogP contribution >= 0.6 is 0 Å². The Morgan fingerprint density at radius 2 is 1.53 bits per heavy atom. The van der Waals surface area contributed by atoms with Gasteiger partial charge >= 0.3 is 5.97 Å². The van der Waals surface area contributed by atoms with E-state index >= 15 is 0 Å². The normalized spacial score (nSPS) is 50.8. The second-order valence-electron chi connectivity index (χ2n) is 13.6. The van der Waals surface area contributed by atoms with Crippen LogP contribution in [0.4, 0.5) is 0 Å². The summed E-state index contributed by atoms with van der Waals surface area (Å²) in [5, 5.41) is 11.4. The number of hydrogen-bond acceptors (Lipinski definition) is 5. The second kappa shape index (κ2) is 7.18. The van der Waals surface area contributed by atoms with Gasteiger partial charge in [0.1, 0.15) is 12.4 Å². The van der Waals surface area contributed by atoms with E-state index in [-0.39, 0.29) is 5.97 Å². The first-order valence-electron chi connectivity index (χ1n) is 13.3. The maximum Gasteiger partial charge on any atom is 0.312 e. The summed E-state index contributed by atoms with van der Waals surface area (Å²) < 4.78 is 19.3. The van der Waals surface area contributed by atoms with Crippen molar-refractivity contribution < 1.29 is 24.1 Å². The molecule has 1 N–H and O–H groups in total. The summed E-state index contributed by atoms with van der Waals surface area (Å²) in [7, 11) is 0. The van der Waals surface area contributed by atoms with Crippen LogP contribution < -0.4 is 0 Å². The third-order valence-electron chi connectivity index (χ3n) is 10.4. The zero-order valence-electron chi connectivity index (χ0n) is 20.2. The molecule has 4 unspecified atom stereocenters. The minimum Gasteiger partial charge on any atom is -0.458 e. The first-order chi connectivity index (χ1) is 15.1. The maximum absolute atomic E-state index is 13.0. The molecule has 5 heteroatoms. The van der Waals surface area contributed by atoms with Crippen molar-refractivity contribution in [2.75, 3.05) is 6.79 Å². The predicted octanol–water partition coefficient (Wildman–Crippen LogP) is 4.99. The van der Waals surface area contributed by atoms with Crippen molar-refractivity contribution in [1.29, 1.82) is 0 Å². The van der Waals surface area contributed by atoms with Crippen LogP contribution in [0.3, 0.4) is 0 Å². The summed E-state index contributed by atoms with van der Waals surface area (Å²) in [5.41, 5.74) is -2.28. The van der Waals surface area contributed by atoms with E-state index in [9.17, 15) is 9.90 Å². The van der Waals surface area contributed by atoms with Crippen LogP contribution in [-0.4, -0.2) is 40.8 Å². The molecule has 8 bridgehead atoms. The lowest BCUT2D eigenvalue weighted by Crippen LogP contribution is -2.68. The van der Waals surface area contributed by atoms with Gasteiger partial charge in [-0.15, -0.1) is 0 Å². The molecule has 0 aromatic rings. The zero-order chi connectivity index (χ0) is 22.4. The minimum atomic E-state index is -0.779. The molecular formula is C27H42O5. The van der Waals surface area contributed by atoms with Crippen molar-refractivity contribution in [2.24, 2.45) is 35.0 Å². The third kappa shape index (κ3) is 3.56. The molecule has 32 heavy (non-hydrogen) atoms. The first-order valence-corrected chi connectivity index (χ1v) is 13.3. The molecule has 0 aromatic heterocycles. The average Bonchev–Trinajstić information content (AvgIpc) is 2.67. The van der Waals surface area contributed by atoms with Crippen LogP contribution in [0.25, 0.3) is 0 Å². The minimum absolute atomic E-state index is 0.134. The Bertz CT molecular complexity index is 750. The third-order valence-corrected chi connectivity index (χ3v) is 10.4. The summed E-state index contributed by atoms with van der Waals surface area (Å²) in [4.78, 5) is 13.0. The van der Waals surface area contributed by atoms with E-state index in [1.54, 1.807) is 0 Å². The summed E-state index contributed by atoms with van der Waals surface area (Å²) in [6.07, 6.45) is 12.5. The summed E-state index contributed by atoms with van der Waals surface area (Å²) in [6, 6.07) is 0. The number of hydrogen-bond donors (Lipinski definition) is 1. The highest BCUT2D eigenvalue weighted by atomic mass is 16.7. The lowest BCUT2D eigenvalue weighted by Gasteiger charge is -2.63. The van der Waals surface area contributed by atoms with E-state index in [1.807, 2.05) is 20.8 Å². The van der Waals surface area contributed by atoms with Gasteiger partial charge in [0.05, 0.1) is 22.7 Å². The van der Waals surface area contributed by atoms with E-state index in [0.717, 1.165) is 49.4 Å². The highest BCUT2D eigenvalue weighted by Crippen LogP contribution is 2.62. The number of esters is 1. The van der Waals surface area contributed by atoms with Gasteiger partial charge in [0, 0.05) is 19.3 Å². The van der Waals surface area contributed by atoms with Gasteiger partial charge in [0.15, 0.2) is 0 Å². The molecule has 0 radical (unpaired) electrons. The molecule has 4 atom stereocenters. The Morgan fingerprint density at radius 3 is 2.16 bits per heavy atom. The summed E-state index contributed by atoms with van der Waals surface area (Å²) >= 11 is 0. The fraction of sp³-hybridized carbons (Fsp3) is 0.963. The monoisotopic (exact) mass is 446 g/mol. The zero-order valence-corrected chi connectivity index (χ0v) is 20.2. The molecule has 0 aliphatic heterocycles. The van der Waals surface area contributed by atoms with Crippen molar-refractivity contribution in [1.82, 2.24) is 0 Å². The smallest absolute Gasteiger partial charge is 0.312 e. The van der Waals surface area contributed by atoms with Gasteiger partial charge < -0.3 is 19.3 Å². The highest BCUT2D eigenvalue weighted by Gasteiger charge is 2.66. The van der Waals surface area contributed by atoms with Crippen molar-refractivity contribution in [3.05, 3.63) is 0 Å². The first kappa shape index (κ1) is 21.9. The Balaban J connectivity index is 1.14. The van der Waals surface area contributed by atoms with Gasteiger partial charge in [-0.1, -0.05) is 6.92 Å². The van der Waals surface area contributed by atoms with Crippen LogP contribution in [0.2, 0.25) is 0 Å². The van der Waals surface area contributed by atoms with E-state index in [0.29, 0.717) is 38.1 Å². The Morgan fingerprint density at radius 1 is 0.906 bits per heavy atom. The number of carbonyl (C=O) groups is 1. The van der Waals surface area contributed by atoms with Crippen LogP contribution in [0.1, 0.15) is 97.8 Å². The van der Waals surface area contributed by atoms with E-state index in [1.165, 1.54) is 32.1 Å². The van der Waals surface area contributed by atoms with E-state index < -0.39 is 22.2 Å². The van der Waals surface area contributed by atoms with Crippen molar-refractivity contribution in [3.63, 3.8) is 0 Å². The largest absolute Gasteiger partial charge is 0.458 e. The lowest BCUT2D eigenvalue weighted by atomic mass is 9.50. The number of aliphatic hydroxyl groups is 1. The number of ether oxygens (including phenoxy) is 3. The number of rotatable bonds is 7. The Kier molecular flexibility index (Phi) is 4.90. The highest BCUT2D eigenvalue weighted by molar-refractivity contribution is 5.76. The quantitative estimate of drug-likeness (QED) is 0.441. The van der Waals surface area contributed by atoms with Crippen LogP contribution in [-0.2, 0) is 19.0 Å². The predicted molar refractivity (Wildman–Crippen MR) is 120 cm³/mol. The molecule has 8 aliphatic rings. The fourth-order valence-electron chi connectivity index (χ4n) is 9.35. The molecule has 5 nitrogen and oxygen atoms in total. The molecule has 0 spiro atoms. The van der Waals surface area contributed by atoms with Gasteiger partial charge in [-0.25, -0.2) is 0 Å². The molecule has 180 valence electrons. The standard InChI is InChI=1S/C27H42O5/c1-4-24(2,3)23(28)32-27-12-19-10-25(29,14-27)13-26(11-19,15-27)31-16-30-22-20-6-17-5-18(8-20)9-21(22)7-17/h17-22,29H,4-16H2,1-3H3. The van der Waals surface area contributed by atoms with Crippen LogP contribution in [0.15, 0.2) is 0 Å². The molecule has 0 amide bonds. The molecule has 8 rings (SSSR count). The average molecular weight is 447 g/mol. The molecule has 0 heterocycles. The van der Waals surface area contributed by atoms with Crippen molar-refractivity contribution >= 4 is 5.97 Å². The van der Waals surface area contributed by atoms with Gasteiger partial charge in [-0.05, 0) is 101 Å². The van der Waals surface area contributed by atoms with Crippen LogP contribution in [0, 0.1) is 35.0 Å². The molecule has 8 fully saturated rings. The second-order valence-corrected chi connectivity index (χ2v) is 13.6. The Hall–Kier alpha value is -0.650. The Labute approximate surface area is 192 Å². The molecule has 8 saturated carbocycles. The van der Waals surface area contributed by atoms with E-state index in [4.69, 9.17) is 14.2 Å².